The topological polar surface area (TPSA) is 129 Å². The van der Waals surface area contributed by atoms with Crippen molar-refractivity contribution in [3.63, 3.8) is 0 Å². The highest BCUT2D eigenvalue weighted by Crippen LogP contribution is 2.28. The molecule has 0 unspecified atom stereocenters. The summed E-state index contributed by atoms with van der Waals surface area (Å²) in [5.74, 6) is 0.00191. The molecule has 4 heterocycles. The Morgan fingerprint density at radius 2 is 1.91 bits per heavy atom. The van der Waals surface area contributed by atoms with Gasteiger partial charge in [-0.15, -0.1) is 21.5 Å². The average Bonchev–Trinajstić information content (AvgIpc) is 3.22. The monoisotopic (exact) mass is 474 g/mol. The third kappa shape index (κ3) is 5.58. The molecule has 3 aromatic heterocycles. The Morgan fingerprint density at radius 1 is 1.12 bits per heavy atom. The largest absolute Gasteiger partial charge is 0.506 e. The Morgan fingerprint density at radius 3 is 2.56 bits per heavy atom. The fraction of sp³-hybridized carbons (Fsp3) is 0.300. The van der Waals surface area contributed by atoms with Crippen LogP contribution in [0.2, 0.25) is 0 Å². The number of amides is 1. The van der Waals surface area contributed by atoms with Crippen LogP contribution in [-0.4, -0.2) is 71.9 Å². The lowest BCUT2D eigenvalue weighted by atomic mass is 10.1. The highest BCUT2D eigenvalue weighted by molar-refractivity contribution is 7.89. The van der Waals surface area contributed by atoms with Gasteiger partial charge >= 0.3 is 0 Å². The van der Waals surface area contributed by atoms with Crippen LogP contribution in [0.25, 0.3) is 11.1 Å². The first-order valence-corrected chi connectivity index (χ1v) is 12.6. The number of piperazine rings is 1. The van der Waals surface area contributed by atoms with Gasteiger partial charge in [0.25, 0.3) is 5.91 Å². The van der Waals surface area contributed by atoms with Crippen molar-refractivity contribution in [2.75, 3.05) is 37.3 Å². The second-order valence-electron chi connectivity index (χ2n) is 7.48. The van der Waals surface area contributed by atoms with Gasteiger partial charge in [0, 0.05) is 49.4 Å². The molecule has 1 saturated heterocycles. The van der Waals surface area contributed by atoms with Crippen LogP contribution >= 0.6 is 11.3 Å². The number of thiophene rings is 1. The molecule has 1 amide bonds. The van der Waals surface area contributed by atoms with Crippen molar-refractivity contribution in [2.24, 2.45) is 0 Å². The molecule has 4 rings (SSSR count). The van der Waals surface area contributed by atoms with Gasteiger partial charge in [0.15, 0.2) is 11.5 Å². The maximum Gasteiger partial charge on any atom is 0.285 e. The van der Waals surface area contributed by atoms with E-state index in [-0.39, 0.29) is 11.4 Å². The van der Waals surface area contributed by atoms with Crippen LogP contribution in [0.5, 0.6) is 5.75 Å². The molecule has 0 spiro atoms. The van der Waals surface area contributed by atoms with E-state index < -0.39 is 15.9 Å². The Labute approximate surface area is 189 Å². The molecule has 0 radical (unpaired) electrons. The molecular weight excluding hydrogens is 452 g/mol. The fourth-order valence-corrected chi connectivity index (χ4v) is 4.77. The first-order valence-electron chi connectivity index (χ1n) is 9.82. The second-order valence-corrected chi connectivity index (χ2v) is 10.2. The summed E-state index contributed by atoms with van der Waals surface area (Å²) in [6, 6.07) is 6.97. The number of aromatic nitrogens is 3. The normalized spacial score (nSPS) is 15.0. The van der Waals surface area contributed by atoms with Gasteiger partial charge in [-0.1, -0.05) is 0 Å². The Balaban J connectivity index is 1.31. The molecule has 0 saturated carbocycles. The van der Waals surface area contributed by atoms with Crippen molar-refractivity contribution < 1.29 is 18.3 Å². The standard InChI is InChI=1S/C20H22N6O4S2/c1-32(29,30)24-20(28)18-2-3-19(23-22-18)26-6-4-25(5-7-26)12-17-9-15(13-31-17)14-8-16(27)11-21-10-14/h2-3,8-11,13,27H,4-7,12H2,1H3,(H,24,28). The minimum Gasteiger partial charge on any atom is -0.506 e. The fourth-order valence-electron chi connectivity index (χ4n) is 3.39. The number of hydrogen-bond donors (Lipinski definition) is 2. The van der Waals surface area contributed by atoms with E-state index in [4.69, 9.17) is 0 Å². The predicted octanol–water partition coefficient (Wildman–Crippen LogP) is 1.32. The molecule has 0 aromatic carbocycles. The lowest BCUT2D eigenvalue weighted by Gasteiger charge is -2.34. The number of hydrogen-bond acceptors (Lipinski definition) is 10. The first kappa shape index (κ1) is 22.1. The van der Waals surface area contributed by atoms with Crippen molar-refractivity contribution in [2.45, 2.75) is 6.54 Å². The maximum absolute atomic E-state index is 11.8. The molecule has 12 heteroatoms. The van der Waals surface area contributed by atoms with E-state index in [9.17, 15) is 18.3 Å². The SMILES string of the molecule is CS(=O)(=O)NC(=O)c1ccc(N2CCN(Cc3cc(-c4cncc(O)c4)cs3)CC2)nn1. The molecule has 1 aliphatic heterocycles. The Kier molecular flexibility index (Phi) is 6.35. The van der Waals surface area contributed by atoms with Gasteiger partial charge in [-0.2, -0.15) is 0 Å². The predicted molar refractivity (Wildman–Crippen MR) is 121 cm³/mol. The summed E-state index contributed by atoms with van der Waals surface area (Å²) in [6.45, 7) is 4.05. The molecular formula is C20H22N6O4S2. The number of nitrogens with zero attached hydrogens (tertiary/aromatic N) is 5. The first-order chi connectivity index (χ1) is 15.3. The molecule has 1 aliphatic rings. The lowest BCUT2D eigenvalue weighted by molar-refractivity contribution is 0.0976. The highest BCUT2D eigenvalue weighted by atomic mass is 32.2. The number of sulfonamides is 1. The molecule has 0 atom stereocenters. The summed E-state index contributed by atoms with van der Waals surface area (Å²) in [7, 11) is -3.65. The van der Waals surface area contributed by atoms with Crippen molar-refractivity contribution in [3.05, 3.63) is 52.6 Å². The third-order valence-corrected chi connectivity index (χ3v) is 6.43. The number of pyridine rings is 1. The number of carbonyl (C=O) groups is 1. The molecule has 0 bridgehead atoms. The molecule has 168 valence electrons. The van der Waals surface area contributed by atoms with Gasteiger partial charge in [-0.05, 0) is 35.2 Å². The zero-order valence-electron chi connectivity index (χ0n) is 17.3. The second kappa shape index (κ2) is 9.18. The molecule has 10 nitrogen and oxygen atoms in total. The Hall–Kier alpha value is -3.09. The highest BCUT2D eigenvalue weighted by Gasteiger charge is 2.20. The number of nitrogens with one attached hydrogen (secondary N) is 1. The van der Waals surface area contributed by atoms with Crippen molar-refractivity contribution in [3.8, 4) is 16.9 Å². The molecule has 2 N–H and O–H groups in total. The van der Waals surface area contributed by atoms with E-state index in [1.54, 1.807) is 29.7 Å². The number of carbonyl (C=O) groups excluding carboxylic acids is 1. The summed E-state index contributed by atoms with van der Waals surface area (Å²) in [5.41, 5.74) is 1.89. The zero-order chi connectivity index (χ0) is 22.7. The minimum absolute atomic E-state index is 0.0479. The van der Waals surface area contributed by atoms with E-state index in [1.165, 1.54) is 17.1 Å². The van der Waals surface area contributed by atoms with Crippen LogP contribution in [0, 0.1) is 0 Å². The molecule has 3 aromatic rings. The summed E-state index contributed by atoms with van der Waals surface area (Å²) in [6.07, 6.45) is 4.06. The van der Waals surface area contributed by atoms with Gasteiger partial charge in [-0.3, -0.25) is 14.7 Å². The lowest BCUT2D eigenvalue weighted by Crippen LogP contribution is -2.46. The van der Waals surface area contributed by atoms with Crippen molar-refractivity contribution >= 4 is 33.1 Å². The molecule has 1 fully saturated rings. The number of aromatic hydroxyl groups is 1. The van der Waals surface area contributed by atoms with E-state index in [2.05, 4.69) is 36.4 Å². The Bertz CT molecular complexity index is 1200. The summed E-state index contributed by atoms with van der Waals surface area (Å²) in [5, 5.41) is 19.6. The summed E-state index contributed by atoms with van der Waals surface area (Å²) < 4.78 is 24.2. The van der Waals surface area contributed by atoms with Gasteiger partial charge in [-0.25, -0.2) is 13.1 Å². The summed E-state index contributed by atoms with van der Waals surface area (Å²) >= 11 is 1.68. The number of rotatable bonds is 6. The quantitative estimate of drug-likeness (QED) is 0.543. The van der Waals surface area contributed by atoms with E-state index in [0.717, 1.165) is 50.1 Å². The van der Waals surface area contributed by atoms with Gasteiger partial charge in [0.2, 0.25) is 10.0 Å². The molecule has 32 heavy (non-hydrogen) atoms. The van der Waals surface area contributed by atoms with E-state index >= 15 is 0 Å². The van der Waals surface area contributed by atoms with Gasteiger partial charge in [0.05, 0.1) is 12.5 Å². The van der Waals surface area contributed by atoms with Gasteiger partial charge < -0.3 is 10.0 Å². The zero-order valence-corrected chi connectivity index (χ0v) is 18.9. The van der Waals surface area contributed by atoms with Gasteiger partial charge in [0.1, 0.15) is 5.75 Å². The van der Waals surface area contributed by atoms with Crippen LogP contribution in [0.3, 0.4) is 0 Å². The minimum atomic E-state index is -3.65. The van der Waals surface area contributed by atoms with Crippen molar-refractivity contribution in [1.29, 1.82) is 0 Å². The van der Waals surface area contributed by atoms with Crippen LogP contribution in [0.4, 0.5) is 5.82 Å². The van der Waals surface area contributed by atoms with Crippen LogP contribution in [0.1, 0.15) is 15.4 Å². The number of anilines is 1. The smallest absolute Gasteiger partial charge is 0.285 e. The van der Waals surface area contributed by atoms with Crippen molar-refractivity contribution in [1.82, 2.24) is 24.8 Å². The maximum atomic E-state index is 11.8. The van der Waals surface area contributed by atoms with Crippen LogP contribution in [0.15, 0.2) is 42.0 Å². The third-order valence-electron chi connectivity index (χ3n) is 4.95. The van der Waals surface area contributed by atoms with Crippen LogP contribution in [-0.2, 0) is 16.6 Å². The molecule has 0 aliphatic carbocycles. The summed E-state index contributed by atoms with van der Waals surface area (Å²) in [4.78, 5) is 21.6. The average molecular weight is 475 g/mol. The van der Waals surface area contributed by atoms with E-state index in [0.29, 0.717) is 5.82 Å². The van der Waals surface area contributed by atoms with Crippen LogP contribution < -0.4 is 9.62 Å². The van der Waals surface area contributed by atoms with E-state index in [1.807, 2.05) is 4.72 Å².